The zero-order chi connectivity index (χ0) is 13.8. The van der Waals surface area contributed by atoms with Gasteiger partial charge in [-0.05, 0) is 38.5 Å². The first-order valence-corrected chi connectivity index (χ1v) is 5.94. The predicted octanol–water partition coefficient (Wildman–Crippen LogP) is 3.73. The van der Waals surface area contributed by atoms with Crippen molar-refractivity contribution in [2.45, 2.75) is 33.0 Å². The van der Waals surface area contributed by atoms with Crippen molar-refractivity contribution in [3.05, 3.63) is 29.8 Å². The lowest BCUT2D eigenvalue weighted by Gasteiger charge is -2.23. The molecule has 0 bridgehead atoms. The van der Waals surface area contributed by atoms with Gasteiger partial charge in [0.2, 0.25) is 0 Å². The fourth-order valence-corrected chi connectivity index (χ4v) is 1.48. The molecule has 1 aromatic carbocycles. The Morgan fingerprint density at radius 2 is 2.06 bits per heavy atom. The van der Waals surface area contributed by atoms with Crippen LogP contribution in [0.3, 0.4) is 0 Å². The summed E-state index contributed by atoms with van der Waals surface area (Å²) in [7, 11) is 1.61. The molecule has 0 unspecified atom stereocenters. The van der Waals surface area contributed by atoms with Crippen LogP contribution in [0.4, 0.5) is 10.5 Å². The van der Waals surface area contributed by atoms with Crippen molar-refractivity contribution in [3.8, 4) is 0 Å². The predicted molar refractivity (Wildman–Crippen MR) is 71.7 cm³/mol. The number of nitrogens with zero attached hydrogens (tertiary/aromatic N) is 1. The topological polar surface area (TPSA) is 38.8 Å². The number of methoxy groups -OCH3 is 1. The highest BCUT2D eigenvalue weighted by Crippen LogP contribution is 2.21. The van der Waals surface area contributed by atoms with Crippen LogP contribution in [-0.2, 0) is 16.1 Å². The van der Waals surface area contributed by atoms with E-state index in [9.17, 15) is 4.79 Å². The molecule has 4 nitrogen and oxygen atoms in total. The van der Waals surface area contributed by atoms with E-state index in [1.165, 1.54) is 0 Å². The number of halogens is 1. The zero-order valence-electron chi connectivity index (χ0n) is 11.1. The molecular formula is C13H18ClNO3. The Balaban J connectivity index is 2.80. The van der Waals surface area contributed by atoms with Gasteiger partial charge < -0.3 is 9.47 Å². The summed E-state index contributed by atoms with van der Waals surface area (Å²) in [5, 5.41) is 0. The molecule has 0 aromatic heterocycles. The van der Waals surface area contributed by atoms with Crippen LogP contribution in [0, 0.1) is 0 Å². The summed E-state index contributed by atoms with van der Waals surface area (Å²) in [5.74, 6) is 0. The van der Waals surface area contributed by atoms with Crippen LogP contribution >= 0.6 is 11.8 Å². The largest absolute Gasteiger partial charge is 0.443 e. The molecule has 1 amide bonds. The number of rotatable bonds is 3. The summed E-state index contributed by atoms with van der Waals surface area (Å²) in [4.78, 5) is 11.8. The highest BCUT2D eigenvalue weighted by Gasteiger charge is 2.22. The molecule has 0 aliphatic heterocycles. The fraction of sp³-hybridized carbons (Fsp3) is 0.462. The molecule has 0 radical (unpaired) electrons. The second kappa shape index (κ2) is 6.07. The Morgan fingerprint density at radius 1 is 1.39 bits per heavy atom. The molecule has 0 fully saturated rings. The van der Waals surface area contributed by atoms with E-state index in [1.54, 1.807) is 40.0 Å². The lowest BCUT2D eigenvalue weighted by Crippen LogP contribution is -2.31. The van der Waals surface area contributed by atoms with Gasteiger partial charge in [0, 0.05) is 18.9 Å². The van der Waals surface area contributed by atoms with Crippen molar-refractivity contribution in [2.75, 3.05) is 11.5 Å². The van der Waals surface area contributed by atoms with Crippen LogP contribution in [0.1, 0.15) is 26.3 Å². The van der Waals surface area contributed by atoms with E-state index in [-0.39, 0.29) is 0 Å². The second-order valence-electron chi connectivity index (χ2n) is 4.86. The third-order valence-corrected chi connectivity index (χ3v) is 2.34. The molecule has 0 atom stereocenters. The first kappa shape index (κ1) is 14.8. The van der Waals surface area contributed by atoms with Gasteiger partial charge in [-0.25, -0.2) is 4.79 Å². The lowest BCUT2D eigenvalue weighted by molar-refractivity contribution is 0.0609. The van der Waals surface area contributed by atoms with Gasteiger partial charge in [0.05, 0.1) is 12.3 Å². The van der Waals surface area contributed by atoms with E-state index in [0.29, 0.717) is 12.3 Å². The SMILES string of the molecule is COCc1cccc(N(Cl)C(=O)OC(C)(C)C)c1. The van der Waals surface area contributed by atoms with Crippen LogP contribution in [0.2, 0.25) is 0 Å². The Morgan fingerprint density at radius 3 is 2.61 bits per heavy atom. The Bertz CT molecular complexity index is 415. The zero-order valence-corrected chi connectivity index (χ0v) is 11.8. The van der Waals surface area contributed by atoms with E-state index in [1.807, 2.05) is 12.1 Å². The minimum atomic E-state index is -0.598. The van der Waals surface area contributed by atoms with Gasteiger partial charge in [-0.15, -0.1) is 0 Å². The molecule has 0 spiro atoms. The summed E-state index contributed by atoms with van der Waals surface area (Å²) < 4.78 is 11.2. The van der Waals surface area contributed by atoms with Gasteiger partial charge in [-0.2, -0.15) is 4.42 Å². The van der Waals surface area contributed by atoms with Crippen molar-refractivity contribution in [1.29, 1.82) is 0 Å². The Hall–Kier alpha value is -1.26. The van der Waals surface area contributed by atoms with Crippen LogP contribution in [0.25, 0.3) is 0 Å². The molecule has 5 heteroatoms. The number of anilines is 1. The summed E-state index contributed by atoms with van der Waals surface area (Å²) >= 11 is 5.95. The van der Waals surface area contributed by atoms with Gasteiger partial charge in [0.25, 0.3) is 0 Å². The number of hydrogen-bond acceptors (Lipinski definition) is 3. The molecule has 18 heavy (non-hydrogen) atoms. The molecule has 0 N–H and O–H groups in total. The van der Waals surface area contributed by atoms with Crippen molar-refractivity contribution in [3.63, 3.8) is 0 Å². The average Bonchev–Trinajstić information content (AvgIpc) is 2.26. The number of benzene rings is 1. The van der Waals surface area contributed by atoms with E-state index in [4.69, 9.17) is 21.3 Å². The van der Waals surface area contributed by atoms with Gasteiger partial charge in [0.1, 0.15) is 5.60 Å². The highest BCUT2D eigenvalue weighted by atomic mass is 35.5. The maximum absolute atomic E-state index is 11.8. The number of carbonyl (C=O) groups is 1. The standard InChI is InChI=1S/C13H18ClNO3/c1-13(2,3)18-12(16)15(14)11-7-5-6-10(8-11)9-17-4/h5-8H,9H2,1-4H3. The Kier molecular flexibility index (Phi) is 4.99. The normalized spacial score (nSPS) is 11.2. The molecule has 0 aliphatic carbocycles. The minimum Gasteiger partial charge on any atom is -0.443 e. The summed E-state index contributed by atoms with van der Waals surface area (Å²) in [5.41, 5.74) is 0.915. The van der Waals surface area contributed by atoms with Crippen molar-refractivity contribution in [2.24, 2.45) is 0 Å². The van der Waals surface area contributed by atoms with Gasteiger partial charge >= 0.3 is 6.09 Å². The second-order valence-corrected chi connectivity index (χ2v) is 5.20. The lowest BCUT2D eigenvalue weighted by atomic mass is 10.2. The number of ether oxygens (including phenoxy) is 2. The fourth-order valence-electron chi connectivity index (χ4n) is 1.34. The molecule has 0 heterocycles. The third-order valence-electron chi connectivity index (χ3n) is 2.00. The van der Waals surface area contributed by atoms with Crippen LogP contribution in [0.5, 0.6) is 0 Å². The quantitative estimate of drug-likeness (QED) is 0.787. The molecule has 0 saturated heterocycles. The molecule has 100 valence electrons. The first-order chi connectivity index (χ1) is 8.33. The third kappa shape index (κ3) is 4.55. The van der Waals surface area contributed by atoms with Gasteiger partial charge in [0.15, 0.2) is 0 Å². The van der Waals surface area contributed by atoms with Crippen LogP contribution in [0.15, 0.2) is 24.3 Å². The summed E-state index contributed by atoms with van der Waals surface area (Å²) in [6, 6.07) is 7.22. The first-order valence-electron chi connectivity index (χ1n) is 5.60. The van der Waals surface area contributed by atoms with E-state index >= 15 is 0 Å². The minimum absolute atomic E-state index is 0.465. The highest BCUT2D eigenvalue weighted by molar-refractivity contribution is 6.35. The van der Waals surface area contributed by atoms with Crippen LogP contribution < -0.4 is 4.42 Å². The van der Waals surface area contributed by atoms with E-state index < -0.39 is 11.7 Å². The smallest absolute Gasteiger partial charge is 0.429 e. The summed E-state index contributed by atoms with van der Waals surface area (Å²) in [6.45, 7) is 5.83. The maximum Gasteiger partial charge on any atom is 0.429 e. The molecule has 1 rings (SSSR count). The van der Waals surface area contributed by atoms with Gasteiger partial charge in [-0.3, -0.25) is 0 Å². The number of carbonyl (C=O) groups excluding carboxylic acids is 1. The summed E-state index contributed by atoms with van der Waals surface area (Å²) in [6.07, 6.45) is -0.598. The molecule has 0 aliphatic rings. The van der Waals surface area contributed by atoms with Crippen molar-refractivity contribution in [1.82, 2.24) is 0 Å². The van der Waals surface area contributed by atoms with Crippen molar-refractivity contribution < 1.29 is 14.3 Å². The van der Waals surface area contributed by atoms with Crippen LogP contribution in [-0.4, -0.2) is 18.8 Å². The van der Waals surface area contributed by atoms with Gasteiger partial charge in [-0.1, -0.05) is 12.1 Å². The average molecular weight is 272 g/mol. The van der Waals surface area contributed by atoms with E-state index in [2.05, 4.69) is 0 Å². The number of hydrogen-bond donors (Lipinski definition) is 0. The Labute approximate surface area is 113 Å². The molecule has 0 saturated carbocycles. The molecular weight excluding hydrogens is 254 g/mol. The maximum atomic E-state index is 11.8. The molecule has 1 aromatic rings. The number of amides is 1. The van der Waals surface area contributed by atoms with E-state index in [0.717, 1.165) is 9.98 Å². The monoisotopic (exact) mass is 271 g/mol. The van der Waals surface area contributed by atoms with Crippen molar-refractivity contribution >= 4 is 23.6 Å².